The third kappa shape index (κ3) is 4.47. The number of nitrogens with zero attached hydrogens (tertiary/aromatic N) is 2. The molecule has 2 heterocycles. The van der Waals surface area contributed by atoms with Gasteiger partial charge in [0.25, 0.3) is 0 Å². The maximum Gasteiger partial charge on any atom is 0.231 e. The van der Waals surface area contributed by atoms with Gasteiger partial charge in [0.05, 0.1) is 11.9 Å². The molecule has 30 heavy (non-hydrogen) atoms. The highest BCUT2D eigenvalue weighted by atomic mass is 16.1. The first kappa shape index (κ1) is 19.6. The van der Waals surface area contributed by atoms with Crippen molar-refractivity contribution in [2.45, 2.75) is 19.5 Å². The molecule has 4 aromatic rings. The fraction of sp³-hybridized carbons (Fsp3) is 0.174. The van der Waals surface area contributed by atoms with E-state index >= 15 is 0 Å². The zero-order chi connectivity index (χ0) is 20.9. The Morgan fingerprint density at radius 1 is 1.10 bits per heavy atom. The first-order valence-corrected chi connectivity index (χ1v) is 9.83. The van der Waals surface area contributed by atoms with Gasteiger partial charge in [-0.25, -0.2) is 9.97 Å². The van der Waals surface area contributed by atoms with Crippen LogP contribution in [-0.2, 0) is 11.3 Å². The number of aromatic amines is 1. The van der Waals surface area contributed by atoms with Gasteiger partial charge in [-0.2, -0.15) is 0 Å². The van der Waals surface area contributed by atoms with Gasteiger partial charge >= 0.3 is 0 Å². The van der Waals surface area contributed by atoms with E-state index in [-0.39, 0.29) is 18.5 Å². The molecule has 0 saturated heterocycles. The third-order valence-electron chi connectivity index (χ3n) is 4.97. The third-order valence-corrected chi connectivity index (χ3v) is 4.97. The summed E-state index contributed by atoms with van der Waals surface area (Å²) in [5.74, 6) is 0.433. The standard InChI is InChI=1S/C23H24N6O/c1-15(17-5-3-2-4-6-17)28-22-19-11-20(29-23(19)27-14-26-22)18-9-7-16(8-10-18)12-25-13-21(24)30/h2-11,14-15,25H,12-13H2,1H3,(H2,24,30)(H2,26,27,28,29)/t15-/m1/s1. The molecule has 0 spiro atoms. The van der Waals surface area contributed by atoms with Gasteiger partial charge in [0.15, 0.2) is 0 Å². The van der Waals surface area contributed by atoms with Gasteiger partial charge in [0.2, 0.25) is 5.91 Å². The molecule has 0 radical (unpaired) electrons. The van der Waals surface area contributed by atoms with E-state index in [0.29, 0.717) is 6.54 Å². The van der Waals surface area contributed by atoms with Crippen molar-refractivity contribution in [1.82, 2.24) is 20.3 Å². The SMILES string of the molecule is C[C@@H](Nc1ncnc2[nH]c(-c3ccc(CNCC(N)=O)cc3)cc12)c1ccccc1. The second-order valence-corrected chi connectivity index (χ2v) is 7.21. The Morgan fingerprint density at radius 3 is 2.60 bits per heavy atom. The van der Waals surface area contributed by atoms with Crippen LogP contribution in [0.5, 0.6) is 0 Å². The molecule has 0 aliphatic rings. The van der Waals surface area contributed by atoms with E-state index in [1.807, 2.05) is 42.5 Å². The zero-order valence-corrected chi connectivity index (χ0v) is 16.7. The predicted molar refractivity (Wildman–Crippen MR) is 119 cm³/mol. The molecule has 0 bridgehead atoms. The lowest BCUT2D eigenvalue weighted by Gasteiger charge is -2.15. The van der Waals surface area contributed by atoms with Crippen LogP contribution < -0.4 is 16.4 Å². The minimum absolute atomic E-state index is 0.120. The lowest BCUT2D eigenvalue weighted by atomic mass is 10.1. The predicted octanol–water partition coefficient (Wildman–Crippen LogP) is 3.37. The lowest BCUT2D eigenvalue weighted by Crippen LogP contribution is -2.28. The van der Waals surface area contributed by atoms with Crippen LogP contribution in [0.25, 0.3) is 22.3 Å². The second kappa shape index (κ2) is 8.75. The van der Waals surface area contributed by atoms with Crippen LogP contribution in [0.4, 0.5) is 5.82 Å². The van der Waals surface area contributed by atoms with Crippen LogP contribution in [0.15, 0.2) is 67.0 Å². The van der Waals surface area contributed by atoms with E-state index in [4.69, 9.17) is 5.73 Å². The quantitative estimate of drug-likeness (QED) is 0.363. The Balaban J connectivity index is 1.54. The van der Waals surface area contributed by atoms with Gasteiger partial charge in [0, 0.05) is 18.3 Å². The number of carbonyl (C=O) groups excluding carboxylic acids is 1. The molecule has 0 fully saturated rings. The number of carbonyl (C=O) groups is 1. The Kier molecular flexibility index (Phi) is 5.72. The number of nitrogens with one attached hydrogen (secondary N) is 3. The molecule has 0 saturated carbocycles. The maximum absolute atomic E-state index is 10.8. The molecule has 1 amide bonds. The smallest absolute Gasteiger partial charge is 0.231 e. The number of hydrogen-bond donors (Lipinski definition) is 4. The van der Waals surface area contributed by atoms with Crippen molar-refractivity contribution < 1.29 is 4.79 Å². The van der Waals surface area contributed by atoms with Crippen molar-refractivity contribution in [1.29, 1.82) is 0 Å². The number of hydrogen-bond acceptors (Lipinski definition) is 5. The Morgan fingerprint density at radius 2 is 1.87 bits per heavy atom. The molecule has 7 nitrogen and oxygen atoms in total. The van der Waals surface area contributed by atoms with Gasteiger partial charge < -0.3 is 21.4 Å². The first-order chi connectivity index (χ1) is 14.6. The molecule has 0 aliphatic heterocycles. The van der Waals surface area contributed by atoms with Gasteiger partial charge in [-0.05, 0) is 29.7 Å². The van der Waals surface area contributed by atoms with E-state index in [1.165, 1.54) is 5.56 Å². The summed E-state index contributed by atoms with van der Waals surface area (Å²) in [7, 11) is 0. The molecule has 4 rings (SSSR count). The Hall–Kier alpha value is -3.71. The van der Waals surface area contributed by atoms with E-state index in [9.17, 15) is 4.79 Å². The number of primary amides is 1. The van der Waals surface area contributed by atoms with Crippen LogP contribution in [0.3, 0.4) is 0 Å². The minimum Gasteiger partial charge on any atom is -0.369 e. The molecule has 0 aliphatic carbocycles. The molecule has 7 heteroatoms. The number of amides is 1. The fourth-order valence-corrected chi connectivity index (χ4v) is 3.37. The largest absolute Gasteiger partial charge is 0.369 e. The molecule has 1 atom stereocenters. The van der Waals surface area contributed by atoms with E-state index < -0.39 is 0 Å². The van der Waals surface area contributed by atoms with Crippen molar-refractivity contribution in [3.05, 3.63) is 78.1 Å². The van der Waals surface area contributed by atoms with Gasteiger partial charge in [-0.3, -0.25) is 4.79 Å². The molecular weight excluding hydrogens is 376 g/mol. The molecule has 2 aromatic heterocycles. The number of aromatic nitrogens is 3. The highest BCUT2D eigenvalue weighted by molar-refractivity contribution is 5.91. The van der Waals surface area contributed by atoms with E-state index in [1.54, 1.807) is 6.33 Å². The summed E-state index contributed by atoms with van der Waals surface area (Å²) >= 11 is 0. The summed E-state index contributed by atoms with van der Waals surface area (Å²) in [5, 5.41) is 7.45. The monoisotopic (exact) mass is 400 g/mol. The molecule has 2 aromatic carbocycles. The lowest BCUT2D eigenvalue weighted by molar-refractivity contribution is -0.117. The minimum atomic E-state index is -0.364. The first-order valence-electron chi connectivity index (χ1n) is 9.83. The summed E-state index contributed by atoms with van der Waals surface area (Å²) in [6.07, 6.45) is 1.57. The van der Waals surface area contributed by atoms with Crippen LogP contribution in [0.2, 0.25) is 0 Å². The fourth-order valence-electron chi connectivity index (χ4n) is 3.37. The van der Waals surface area contributed by atoms with Crippen molar-refractivity contribution in [2.24, 2.45) is 5.73 Å². The van der Waals surface area contributed by atoms with Gasteiger partial charge in [-0.1, -0.05) is 54.6 Å². The van der Waals surface area contributed by atoms with Crippen molar-refractivity contribution >= 4 is 22.8 Å². The summed E-state index contributed by atoms with van der Waals surface area (Å²) < 4.78 is 0. The van der Waals surface area contributed by atoms with Crippen LogP contribution in [0, 0.1) is 0 Å². The van der Waals surface area contributed by atoms with Crippen molar-refractivity contribution in [3.8, 4) is 11.3 Å². The summed E-state index contributed by atoms with van der Waals surface area (Å²) in [6.45, 7) is 2.87. The van der Waals surface area contributed by atoms with Crippen molar-refractivity contribution in [2.75, 3.05) is 11.9 Å². The van der Waals surface area contributed by atoms with E-state index in [0.717, 1.165) is 33.7 Å². The summed E-state index contributed by atoms with van der Waals surface area (Å²) in [6, 6.07) is 20.6. The number of rotatable bonds is 8. The van der Waals surface area contributed by atoms with E-state index in [2.05, 4.69) is 50.7 Å². The van der Waals surface area contributed by atoms with Crippen LogP contribution >= 0.6 is 0 Å². The molecular formula is C23H24N6O. The zero-order valence-electron chi connectivity index (χ0n) is 16.7. The molecule has 0 unspecified atom stereocenters. The van der Waals surface area contributed by atoms with Gasteiger partial charge in [-0.15, -0.1) is 0 Å². The summed E-state index contributed by atoms with van der Waals surface area (Å²) in [5.41, 5.74) is 10.2. The number of H-pyrrole nitrogens is 1. The second-order valence-electron chi connectivity index (χ2n) is 7.21. The normalized spacial score (nSPS) is 12.0. The van der Waals surface area contributed by atoms with Crippen LogP contribution in [-0.4, -0.2) is 27.4 Å². The molecule has 5 N–H and O–H groups in total. The average molecular weight is 400 g/mol. The Bertz CT molecular complexity index is 1140. The highest BCUT2D eigenvalue weighted by Gasteiger charge is 2.12. The van der Waals surface area contributed by atoms with Gasteiger partial charge in [0.1, 0.15) is 17.8 Å². The van der Waals surface area contributed by atoms with Crippen LogP contribution in [0.1, 0.15) is 24.1 Å². The molecule has 152 valence electrons. The van der Waals surface area contributed by atoms with Crippen molar-refractivity contribution in [3.63, 3.8) is 0 Å². The topological polar surface area (TPSA) is 109 Å². The Labute approximate surface area is 174 Å². The number of nitrogens with two attached hydrogens (primary N) is 1. The average Bonchev–Trinajstić information content (AvgIpc) is 3.20. The highest BCUT2D eigenvalue weighted by Crippen LogP contribution is 2.29. The summed E-state index contributed by atoms with van der Waals surface area (Å²) in [4.78, 5) is 23.0. The number of benzene rings is 2. The number of anilines is 1. The number of fused-ring (bicyclic) bond motifs is 1. The maximum atomic E-state index is 10.8.